The van der Waals surface area contributed by atoms with Gasteiger partial charge in [0.05, 0.1) is 0 Å². The fourth-order valence-corrected chi connectivity index (χ4v) is 2.23. The van der Waals surface area contributed by atoms with Crippen molar-refractivity contribution in [1.82, 2.24) is 14.9 Å². The second-order valence-corrected chi connectivity index (χ2v) is 4.24. The predicted octanol–water partition coefficient (Wildman–Crippen LogP) is 1.58. The van der Waals surface area contributed by atoms with Gasteiger partial charge in [0, 0.05) is 43.9 Å². The molecule has 3 nitrogen and oxygen atoms in total. The molecule has 3 rings (SSSR count). The first kappa shape index (κ1) is 9.60. The van der Waals surface area contributed by atoms with Gasteiger partial charge in [0.25, 0.3) is 0 Å². The smallest absolute Gasteiger partial charge is 0.0360 e. The van der Waals surface area contributed by atoms with E-state index in [1.165, 1.54) is 16.8 Å². The normalized spacial score (nSPS) is 14.8. The highest BCUT2D eigenvalue weighted by atomic mass is 15.1. The van der Waals surface area contributed by atoms with Crippen molar-refractivity contribution < 1.29 is 0 Å². The Bertz CT molecular complexity index is 450. The van der Waals surface area contributed by atoms with Crippen molar-refractivity contribution in [1.29, 1.82) is 0 Å². The van der Waals surface area contributed by atoms with Crippen molar-refractivity contribution in [3.05, 3.63) is 53.6 Å². The van der Waals surface area contributed by atoms with Crippen LogP contribution in [0.2, 0.25) is 0 Å². The second kappa shape index (κ2) is 4.10. The standard InChI is InChI=1S/C13H15N3/c1-3-14-4-2-11(1)7-12-8-13-9-15-5-6-16(13)10-12/h1-4,8,10,15H,5-7,9H2. The van der Waals surface area contributed by atoms with E-state index in [-0.39, 0.29) is 0 Å². The van der Waals surface area contributed by atoms with Crippen LogP contribution in [0.1, 0.15) is 16.8 Å². The molecule has 0 fully saturated rings. The molecule has 0 radical (unpaired) electrons. The van der Waals surface area contributed by atoms with E-state index in [1.807, 2.05) is 12.4 Å². The highest BCUT2D eigenvalue weighted by molar-refractivity contribution is 5.26. The number of pyridine rings is 1. The van der Waals surface area contributed by atoms with Crippen molar-refractivity contribution in [3.8, 4) is 0 Å². The SMILES string of the molecule is c1cc(Cc2cc3n(c2)CCNC3)ccn1. The number of nitrogens with one attached hydrogen (secondary N) is 1. The van der Waals surface area contributed by atoms with Crippen LogP contribution in [0.3, 0.4) is 0 Å². The summed E-state index contributed by atoms with van der Waals surface area (Å²) in [5, 5.41) is 3.39. The van der Waals surface area contributed by atoms with Crippen molar-refractivity contribution in [2.75, 3.05) is 6.54 Å². The van der Waals surface area contributed by atoms with Crippen molar-refractivity contribution in [2.45, 2.75) is 19.5 Å². The molecule has 0 atom stereocenters. The number of hydrogen-bond donors (Lipinski definition) is 1. The molecule has 0 spiro atoms. The largest absolute Gasteiger partial charge is 0.349 e. The van der Waals surface area contributed by atoms with Crippen LogP contribution in [0.4, 0.5) is 0 Å². The molecule has 2 aromatic heterocycles. The third-order valence-corrected chi connectivity index (χ3v) is 3.04. The van der Waals surface area contributed by atoms with Crippen molar-refractivity contribution >= 4 is 0 Å². The molecule has 0 unspecified atom stereocenters. The summed E-state index contributed by atoms with van der Waals surface area (Å²) in [6.45, 7) is 3.17. The fourth-order valence-electron chi connectivity index (χ4n) is 2.23. The molecule has 2 aromatic rings. The maximum atomic E-state index is 4.04. The number of rotatable bonds is 2. The topological polar surface area (TPSA) is 29.9 Å². The molecule has 0 bridgehead atoms. The zero-order valence-electron chi connectivity index (χ0n) is 9.19. The molecule has 0 amide bonds. The summed E-state index contributed by atoms with van der Waals surface area (Å²) in [6, 6.07) is 6.45. The van der Waals surface area contributed by atoms with Gasteiger partial charge in [-0.25, -0.2) is 0 Å². The van der Waals surface area contributed by atoms with Crippen LogP contribution in [0.25, 0.3) is 0 Å². The Morgan fingerprint density at radius 1 is 1.25 bits per heavy atom. The monoisotopic (exact) mass is 213 g/mol. The highest BCUT2D eigenvalue weighted by Crippen LogP contribution is 2.15. The highest BCUT2D eigenvalue weighted by Gasteiger charge is 2.09. The average molecular weight is 213 g/mol. The summed E-state index contributed by atoms with van der Waals surface area (Å²) >= 11 is 0. The number of aromatic nitrogens is 2. The van der Waals surface area contributed by atoms with Gasteiger partial charge in [-0.15, -0.1) is 0 Å². The number of nitrogens with zero attached hydrogens (tertiary/aromatic N) is 2. The van der Waals surface area contributed by atoms with E-state index in [1.54, 1.807) is 0 Å². The first-order valence-corrected chi connectivity index (χ1v) is 5.69. The lowest BCUT2D eigenvalue weighted by atomic mass is 10.1. The quantitative estimate of drug-likeness (QED) is 0.820. The van der Waals surface area contributed by atoms with Gasteiger partial charge in [0.1, 0.15) is 0 Å². The van der Waals surface area contributed by atoms with E-state index in [0.717, 1.165) is 26.1 Å². The van der Waals surface area contributed by atoms with Gasteiger partial charge in [-0.3, -0.25) is 4.98 Å². The van der Waals surface area contributed by atoms with Crippen LogP contribution in [0, 0.1) is 0 Å². The van der Waals surface area contributed by atoms with Crippen molar-refractivity contribution in [2.24, 2.45) is 0 Å². The second-order valence-electron chi connectivity index (χ2n) is 4.24. The Hall–Kier alpha value is -1.61. The molecule has 16 heavy (non-hydrogen) atoms. The first-order chi connectivity index (χ1) is 7.92. The van der Waals surface area contributed by atoms with Gasteiger partial charge < -0.3 is 9.88 Å². The average Bonchev–Trinajstić information content (AvgIpc) is 2.72. The molecule has 1 N–H and O–H groups in total. The minimum absolute atomic E-state index is 0.996. The van der Waals surface area contributed by atoms with Crippen molar-refractivity contribution in [3.63, 3.8) is 0 Å². The molecule has 82 valence electrons. The summed E-state index contributed by atoms with van der Waals surface area (Å²) in [4.78, 5) is 4.04. The third kappa shape index (κ3) is 1.86. The van der Waals surface area contributed by atoms with Crippen LogP contribution in [-0.4, -0.2) is 16.1 Å². The summed E-state index contributed by atoms with van der Waals surface area (Å²) in [5.41, 5.74) is 4.12. The Kier molecular flexibility index (Phi) is 2.46. The Morgan fingerprint density at radius 3 is 2.94 bits per heavy atom. The van der Waals surface area contributed by atoms with Crippen LogP contribution >= 0.6 is 0 Å². The van der Waals surface area contributed by atoms with Gasteiger partial charge >= 0.3 is 0 Å². The van der Waals surface area contributed by atoms with E-state index in [9.17, 15) is 0 Å². The van der Waals surface area contributed by atoms with E-state index in [4.69, 9.17) is 0 Å². The lowest BCUT2D eigenvalue weighted by molar-refractivity contribution is 0.516. The van der Waals surface area contributed by atoms with Gasteiger partial charge in [-0.1, -0.05) is 0 Å². The third-order valence-electron chi connectivity index (χ3n) is 3.04. The van der Waals surface area contributed by atoms with E-state index < -0.39 is 0 Å². The summed E-state index contributed by atoms with van der Waals surface area (Å²) in [7, 11) is 0. The zero-order valence-corrected chi connectivity index (χ0v) is 9.19. The molecular formula is C13H15N3. The molecule has 0 aliphatic carbocycles. The number of fused-ring (bicyclic) bond motifs is 1. The first-order valence-electron chi connectivity index (χ1n) is 5.69. The van der Waals surface area contributed by atoms with Crippen LogP contribution in [-0.2, 0) is 19.5 Å². The predicted molar refractivity (Wildman–Crippen MR) is 63.2 cm³/mol. The Labute approximate surface area is 95.1 Å². The van der Waals surface area contributed by atoms with Gasteiger partial charge in [-0.05, 0) is 35.7 Å². The lowest BCUT2D eigenvalue weighted by Crippen LogP contribution is -2.27. The minimum atomic E-state index is 0.996. The molecular weight excluding hydrogens is 198 g/mol. The molecule has 0 aromatic carbocycles. The summed E-state index contributed by atoms with van der Waals surface area (Å²) < 4.78 is 2.35. The van der Waals surface area contributed by atoms with E-state index in [0.29, 0.717) is 0 Å². The molecule has 3 heteroatoms. The maximum Gasteiger partial charge on any atom is 0.0360 e. The minimum Gasteiger partial charge on any atom is -0.349 e. The summed E-state index contributed by atoms with van der Waals surface area (Å²) in [6.07, 6.45) is 6.99. The molecule has 0 saturated heterocycles. The van der Waals surface area contributed by atoms with Crippen LogP contribution in [0.15, 0.2) is 36.8 Å². The maximum absolute atomic E-state index is 4.04. The zero-order chi connectivity index (χ0) is 10.8. The fraction of sp³-hybridized carbons (Fsp3) is 0.308. The Balaban J connectivity index is 1.83. The van der Waals surface area contributed by atoms with E-state index in [2.05, 4.69) is 39.3 Å². The van der Waals surface area contributed by atoms with E-state index >= 15 is 0 Å². The Morgan fingerprint density at radius 2 is 2.12 bits per heavy atom. The summed E-state index contributed by atoms with van der Waals surface area (Å²) in [5.74, 6) is 0. The van der Waals surface area contributed by atoms with Gasteiger partial charge in [0.2, 0.25) is 0 Å². The molecule has 1 aliphatic heterocycles. The molecule has 3 heterocycles. The lowest BCUT2D eigenvalue weighted by Gasteiger charge is -2.15. The molecule has 1 aliphatic rings. The number of hydrogen-bond acceptors (Lipinski definition) is 2. The van der Waals surface area contributed by atoms with Crippen LogP contribution in [0.5, 0.6) is 0 Å². The molecule has 0 saturated carbocycles. The van der Waals surface area contributed by atoms with Crippen LogP contribution < -0.4 is 5.32 Å². The van der Waals surface area contributed by atoms with Gasteiger partial charge in [-0.2, -0.15) is 0 Å². The van der Waals surface area contributed by atoms with Gasteiger partial charge in [0.15, 0.2) is 0 Å².